The number of hydrogen-bond acceptors (Lipinski definition) is 3. The van der Waals surface area contributed by atoms with Crippen LogP contribution < -0.4 is 0 Å². The van der Waals surface area contributed by atoms with Crippen LogP contribution in [0.1, 0.15) is 33.6 Å². The van der Waals surface area contributed by atoms with Crippen LogP contribution in [0.4, 0.5) is 0 Å². The van der Waals surface area contributed by atoms with Crippen LogP contribution in [0.2, 0.25) is 0 Å². The van der Waals surface area contributed by atoms with E-state index in [0.717, 1.165) is 13.0 Å². The van der Waals surface area contributed by atoms with E-state index >= 15 is 0 Å². The zero-order valence-electron chi connectivity index (χ0n) is 10.7. The van der Waals surface area contributed by atoms with Crippen molar-refractivity contribution in [2.75, 3.05) is 20.2 Å². The first-order valence-electron chi connectivity index (χ1n) is 5.87. The van der Waals surface area contributed by atoms with Gasteiger partial charge < -0.3 is 14.7 Å². The molecule has 16 heavy (non-hydrogen) atoms. The highest BCUT2D eigenvalue weighted by atomic mass is 16.5. The van der Waals surface area contributed by atoms with Gasteiger partial charge in [0.1, 0.15) is 0 Å². The van der Waals surface area contributed by atoms with Crippen molar-refractivity contribution in [3.8, 4) is 0 Å². The number of carbonyl (C=O) groups is 1. The normalized spacial score (nSPS) is 23.6. The maximum atomic E-state index is 12.0. The van der Waals surface area contributed by atoms with Gasteiger partial charge in [0.25, 0.3) is 0 Å². The molecule has 0 aromatic rings. The van der Waals surface area contributed by atoms with E-state index in [-0.39, 0.29) is 17.9 Å². The Kier molecular flexibility index (Phi) is 4.33. The van der Waals surface area contributed by atoms with Crippen molar-refractivity contribution >= 4 is 5.91 Å². The van der Waals surface area contributed by atoms with E-state index in [1.54, 1.807) is 14.0 Å². The highest BCUT2D eigenvalue weighted by Gasteiger charge is 2.31. The fraction of sp³-hybridized carbons (Fsp3) is 0.917. The van der Waals surface area contributed by atoms with Gasteiger partial charge in [-0.1, -0.05) is 0 Å². The fourth-order valence-electron chi connectivity index (χ4n) is 1.96. The van der Waals surface area contributed by atoms with Gasteiger partial charge in [-0.25, -0.2) is 0 Å². The molecule has 0 aliphatic carbocycles. The number of amides is 1. The Morgan fingerprint density at radius 3 is 2.69 bits per heavy atom. The average Bonchev–Trinajstić information content (AvgIpc) is 2.66. The fourth-order valence-corrected chi connectivity index (χ4v) is 1.96. The summed E-state index contributed by atoms with van der Waals surface area (Å²) in [4.78, 5) is 13.8. The van der Waals surface area contributed by atoms with Gasteiger partial charge in [-0.2, -0.15) is 0 Å². The Morgan fingerprint density at radius 1 is 1.62 bits per heavy atom. The second-order valence-corrected chi connectivity index (χ2v) is 5.27. The van der Waals surface area contributed by atoms with E-state index in [1.165, 1.54) is 0 Å². The number of methoxy groups -OCH3 is 1. The number of aliphatic hydroxyl groups is 1. The summed E-state index contributed by atoms with van der Waals surface area (Å²) in [6.45, 7) is 7.04. The summed E-state index contributed by atoms with van der Waals surface area (Å²) in [5.41, 5.74) is -0.403. The highest BCUT2D eigenvalue weighted by molar-refractivity contribution is 5.77. The summed E-state index contributed by atoms with van der Waals surface area (Å²) in [5, 5.41) is 9.47. The molecule has 4 nitrogen and oxygen atoms in total. The standard InChI is InChI=1S/C12H23NO3/c1-9(14)10-5-6-13(8-10)11(15)7-12(2,3)16-4/h9-10,14H,5-8H2,1-4H3. The molecule has 94 valence electrons. The monoisotopic (exact) mass is 229 g/mol. The maximum Gasteiger partial charge on any atom is 0.225 e. The molecule has 1 N–H and O–H groups in total. The Hall–Kier alpha value is -0.610. The number of ether oxygens (including phenoxy) is 1. The van der Waals surface area contributed by atoms with Gasteiger partial charge in [-0.15, -0.1) is 0 Å². The Labute approximate surface area is 97.6 Å². The maximum absolute atomic E-state index is 12.0. The molecule has 1 amide bonds. The van der Waals surface area contributed by atoms with E-state index in [0.29, 0.717) is 13.0 Å². The molecular formula is C12H23NO3. The third-order valence-electron chi connectivity index (χ3n) is 3.39. The van der Waals surface area contributed by atoms with E-state index in [1.807, 2.05) is 18.7 Å². The summed E-state index contributed by atoms with van der Waals surface area (Å²) < 4.78 is 5.25. The second-order valence-electron chi connectivity index (χ2n) is 5.27. The van der Waals surface area contributed by atoms with Crippen molar-refractivity contribution in [1.29, 1.82) is 0 Å². The van der Waals surface area contributed by atoms with Crippen LogP contribution >= 0.6 is 0 Å². The van der Waals surface area contributed by atoms with Crippen molar-refractivity contribution in [3.05, 3.63) is 0 Å². The molecule has 0 bridgehead atoms. The summed E-state index contributed by atoms with van der Waals surface area (Å²) in [5.74, 6) is 0.351. The number of hydrogen-bond donors (Lipinski definition) is 1. The van der Waals surface area contributed by atoms with Crippen molar-refractivity contribution in [3.63, 3.8) is 0 Å². The highest BCUT2D eigenvalue weighted by Crippen LogP contribution is 2.22. The lowest BCUT2D eigenvalue weighted by Crippen LogP contribution is -2.36. The first-order valence-corrected chi connectivity index (χ1v) is 5.87. The van der Waals surface area contributed by atoms with Gasteiger partial charge in [-0.3, -0.25) is 4.79 Å². The molecule has 0 saturated carbocycles. The van der Waals surface area contributed by atoms with Gasteiger partial charge in [0.05, 0.1) is 18.1 Å². The molecule has 1 saturated heterocycles. The number of likely N-dealkylation sites (tertiary alicyclic amines) is 1. The predicted molar refractivity (Wildman–Crippen MR) is 62.1 cm³/mol. The molecule has 0 radical (unpaired) electrons. The molecule has 1 fully saturated rings. The molecular weight excluding hydrogens is 206 g/mol. The molecule has 2 unspecified atom stereocenters. The van der Waals surface area contributed by atoms with Crippen LogP contribution in [0.5, 0.6) is 0 Å². The Morgan fingerprint density at radius 2 is 2.25 bits per heavy atom. The van der Waals surface area contributed by atoms with Gasteiger partial charge in [0.15, 0.2) is 0 Å². The largest absolute Gasteiger partial charge is 0.393 e. The van der Waals surface area contributed by atoms with Crippen LogP contribution in [0, 0.1) is 5.92 Å². The lowest BCUT2D eigenvalue weighted by Gasteiger charge is -2.25. The minimum Gasteiger partial charge on any atom is -0.393 e. The molecule has 1 rings (SSSR count). The van der Waals surface area contributed by atoms with Crippen LogP contribution in [-0.4, -0.2) is 47.8 Å². The number of nitrogens with zero attached hydrogens (tertiary/aromatic N) is 1. The second kappa shape index (κ2) is 5.15. The molecule has 0 aromatic heterocycles. The predicted octanol–water partition coefficient (Wildman–Crippen LogP) is 1.03. The van der Waals surface area contributed by atoms with Crippen LogP contribution in [-0.2, 0) is 9.53 Å². The smallest absolute Gasteiger partial charge is 0.225 e. The van der Waals surface area contributed by atoms with E-state index in [9.17, 15) is 9.90 Å². The van der Waals surface area contributed by atoms with Crippen LogP contribution in [0.25, 0.3) is 0 Å². The molecule has 0 aromatic carbocycles. The molecule has 4 heteroatoms. The number of rotatable bonds is 4. The average molecular weight is 229 g/mol. The van der Waals surface area contributed by atoms with Crippen molar-refractivity contribution in [1.82, 2.24) is 4.90 Å². The first kappa shape index (κ1) is 13.5. The Balaban J connectivity index is 2.45. The van der Waals surface area contributed by atoms with E-state index in [2.05, 4.69) is 0 Å². The SMILES string of the molecule is COC(C)(C)CC(=O)N1CCC(C(C)O)C1. The third kappa shape index (κ3) is 3.46. The summed E-state index contributed by atoms with van der Waals surface area (Å²) >= 11 is 0. The molecule has 1 aliphatic rings. The lowest BCUT2D eigenvalue weighted by molar-refractivity contribution is -0.135. The zero-order valence-corrected chi connectivity index (χ0v) is 10.7. The molecule has 0 spiro atoms. The van der Waals surface area contributed by atoms with Gasteiger partial charge in [-0.05, 0) is 27.2 Å². The molecule has 1 heterocycles. The first-order chi connectivity index (χ1) is 7.35. The number of aliphatic hydroxyl groups excluding tert-OH is 1. The molecule has 2 atom stereocenters. The quantitative estimate of drug-likeness (QED) is 0.783. The summed E-state index contributed by atoms with van der Waals surface area (Å²) in [6, 6.07) is 0. The zero-order chi connectivity index (χ0) is 12.3. The summed E-state index contributed by atoms with van der Waals surface area (Å²) in [7, 11) is 1.62. The van der Waals surface area contributed by atoms with Gasteiger partial charge in [0, 0.05) is 26.1 Å². The topological polar surface area (TPSA) is 49.8 Å². The van der Waals surface area contributed by atoms with Crippen molar-refractivity contribution in [2.24, 2.45) is 5.92 Å². The van der Waals surface area contributed by atoms with Crippen molar-refractivity contribution in [2.45, 2.75) is 45.3 Å². The van der Waals surface area contributed by atoms with Gasteiger partial charge >= 0.3 is 0 Å². The van der Waals surface area contributed by atoms with E-state index in [4.69, 9.17) is 4.74 Å². The minimum absolute atomic E-state index is 0.120. The Bertz CT molecular complexity index is 251. The van der Waals surface area contributed by atoms with Crippen LogP contribution in [0.3, 0.4) is 0 Å². The third-order valence-corrected chi connectivity index (χ3v) is 3.39. The lowest BCUT2D eigenvalue weighted by atomic mass is 10.0. The van der Waals surface area contributed by atoms with Crippen LogP contribution in [0.15, 0.2) is 0 Å². The van der Waals surface area contributed by atoms with Gasteiger partial charge in [0.2, 0.25) is 5.91 Å². The minimum atomic E-state index is -0.403. The molecule has 1 aliphatic heterocycles. The number of carbonyl (C=O) groups excluding carboxylic acids is 1. The van der Waals surface area contributed by atoms with E-state index < -0.39 is 5.60 Å². The van der Waals surface area contributed by atoms with Crippen molar-refractivity contribution < 1.29 is 14.6 Å². The summed E-state index contributed by atoms with van der Waals surface area (Å²) in [6.07, 6.45) is 0.973.